The molecule has 3 atom stereocenters. The lowest BCUT2D eigenvalue weighted by Crippen LogP contribution is -2.32. The number of rotatable bonds is 6. The van der Waals surface area contributed by atoms with Crippen LogP contribution in [0.1, 0.15) is 36.0 Å². The Balaban J connectivity index is 1.51. The molecule has 2 fully saturated rings. The quantitative estimate of drug-likeness (QED) is 0.586. The first-order valence-corrected chi connectivity index (χ1v) is 9.24. The number of thioether (sulfide) groups is 1. The molecule has 0 aromatic heterocycles. The summed E-state index contributed by atoms with van der Waals surface area (Å²) in [6.45, 7) is 1.64. The van der Waals surface area contributed by atoms with Gasteiger partial charge in [0.25, 0.3) is 0 Å². The van der Waals surface area contributed by atoms with Gasteiger partial charge in [0, 0.05) is 17.0 Å². The Bertz CT molecular complexity index is 498. The number of Topliss-reactive ketones (excluding diaryl/α,β-unsaturated/α-hetero) is 1. The molecule has 2 saturated carbocycles. The first-order chi connectivity index (χ1) is 10.2. The fraction of sp³-hybridized carbons (Fsp3) is 0.611. The zero-order chi connectivity index (χ0) is 14.8. The smallest absolute Gasteiger partial charge is 0.176 e. The van der Waals surface area contributed by atoms with Crippen molar-refractivity contribution >= 4 is 17.5 Å². The minimum atomic E-state index is 0.244. The Labute approximate surface area is 132 Å². The van der Waals surface area contributed by atoms with Crippen molar-refractivity contribution < 1.29 is 4.79 Å². The molecule has 2 bridgehead atoms. The Kier molecular flexibility index (Phi) is 4.70. The minimum absolute atomic E-state index is 0.244. The number of fused-ring (bicyclic) bond motifs is 2. The van der Waals surface area contributed by atoms with E-state index in [2.05, 4.69) is 18.2 Å². The van der Waals surface area contributed by atoms with Crippen LogP contribution < -0.4 is 0 Å². The van der Waals surface area contributed by atoms with Gasteiger partial charge in [0.15, 0.2) is 5.78 Å². The fourth-order valence-electron chi connectivity index (χ4n) is 4.18. The molecule has 2 aliphatic carbocycles. The number of benzene rings is 1. The van der Waals surface area contributed by atoms with Gasteiger partial charge < -0.3 is 0 Å². The molecule has 3 unspecified atom stereocenters. The Hall–Kier alpha value is -0.800. The van der Waals surface area contributed by atoms with Gasteiger partial charge >= 0.3 is 0 Å². The molecule has 3 heteroatoms. The van der Waals surface area contributed by atoms with Gasteiger partial charge in [-0.25, -0.2) is 0 Å². The first kappa shape index (κ1) is 15.1. The predicted octanol–water partition coefficient (Wildman–Crippen LogP) is 3.96. The number of hydrogen-bond donors (Lipinski definition) is 0. The number of hydrogen-bond acceptors (Lipinski definition) is 3. The average Bonchev–Trinajstić information content (AvgIpc) is 3.09. The maximum Gasteiger partial charge on any atom is 0.176 e. The number of ketones is 1. The van der Waals surface area contributed by atoms with Gasteiger partial charge in [-0.3, -0.25) is 9.69 Å². The normalized spacial score (nSPS) is 27.5. The molecule has 3 rings (SSSR count). The van der Waals surface area contributed by atoms with Crippen molar-refractivity contribution in [3.63, 3.8) is 0 Å². The number of carbonyl (C=O) groups is 1. The summed E-state index contributed by atoms with van der Waals surface area (Å²) in [6, 6.07) is 7.99. The van der Waals surface area contributed by atoms with Crippen molar-refractivity contribution in [3.8, 4) is 0 Å². The zero-order valence-corrected chi connectivity index (χ0v) is 13.9. The second-order valence-corrected chi connectivity index (χ2v) is 7.66. The first-order valence-electron chi connectivity index (χ1n) is 8.01. The third-order valence-corrected chi connectivity index (χ3v) is 6.00. The molecule has 1 aromatic rings. The van der Waals surface area contributed by atoms with Crippen LogP contribution in [-0.4, -0.2) is 37.1 Å². The topological polar surface area (TPSA) is 20.3 Å². The van der Waals surface area contributed by atoms with E-state index in [0.29, 0.717) is 6.54 Å². The van der Waals surface area contributed by atoms with Gasteiger partial charge in [-0.05, 0) is 62.5 Å². The molecule has 0 saturated heterocycles. The molecule has 0 aliphatic heterocycles. The number of likely N-dealkylation sites (N-methyl/N-ethyl adjacent to an activating group) is 1. The molecule has 0 radical (unpaired) electrons. The largest absolute Gasteiger partial charge is 0.299 e. The second-order valence-electron chi connectivity index (χ2n) is 6.78. The van der Waals surface area contributed by atoms with Gasteiger partial charge in [-0.15, -0.1) is 11.8 Å². The van der Waals surface area contributed by atoms with E-state index in [-0.39, 0.29) is 5.78 Å². The highest BCUT2D eigenvalue weighted by Crippen LogP contribution is 2.48. The molecule has 114 valence electrons. The van der Waals surface area contributed by atoms with E-state index in [0.717, 1.165) is 29.9 Å². The van der Waals surface area contributed by atoms with E-state index in [1.807, 2.05) is 24.3 Å². The molecule has 1 aromatic carbocycles. The highest BCUT2D eigenvalue weighted by Gasteiger charge is 2.39. The molecule has 0 heterocycles. The summed E-state index contributed by atoms with van der Waals surface area (Å²) in [5, 5.41) is 0. The lowest BCUT2D eigenvalue weighted by molar-refractivity contribution is 0.0929. The minimum Gasteiger partial charge on any atom is -0.299 e. The van der Waals surface area contributed by atoms with E-state index in [4.69, 9.17) is 0 Å². The second kappa shape index (κ2) is 6.53. The summed E-state index contributed by atoms with van der Waals surface area (Å²) in [4.78, 5) is 15.8. The van der Waals surface area contributed by atoms with Gasteiger partial charge in [0.1, 0.15) is 0 Å². The molecule has 21 heavy (non-hydrogen) atoms. The van der Waals surface area contributed by atoms with Crippen molar-refractivity contribution in [2.75, 3.05) is 26.4 Å². The third kappa shape index (κ3) is 3.51. The SMILES string of the molecule is CSc1ccc(C(=O)CN(C)CC2CC3CCC2C3)cc1. The van der Waals surface area contributed by atoms with Gasteiger partial charge in [0.05, 0.1) is 6.54 Å². The highest BCUT2D eigenvalue weighted by atomic mass is 32.2. The standard InChI is InChI=1S/C18H25NOS/c1-19(11-16-10-13-3-4-15(16)9-13)12-18(20)14-5-7-17(21-2)8-6-14/h5-8,13,15-16H,3-4,9-12H2,1-2H3. The Morgan fingerprint density at radius 2 is 2.00 bits per heavy atom. The summed E-state index contributed by atoms with van der Waals surface area (Å²) in [5.41, 5.74) is 0.840. The van der Waals surface area contributed by atoms with E-state index >= 15 is 0 Å². The Morgan fingerprint density at radius 1 is 1.24 bits per heavy atom. The van der Waals surface area contributed by atoms with Crippen LogP contribution in [0.5, 0.6) is 0 Å². The van der Waals surface area contributed by atoms with Crippen molar-refractivity contribution in [2.45, 2.75) is 30.6 Å². The van der Waals surface area contributed by atoms with E-state index in [1.165, 1.54) is 30.6 Å². The van der Waals surface area contributed by atoms with Crippen LogP contribution in [0.3, 0.4) is 0 Å². The van der Waals surface area contributed by atoms with Crippen molar-refractivity contribution in [1.82, 2.24) is 4.90 Å². The lowest BCUT2D eigenvalue weighted by atomic mass is 9.88. The molecular weight excluding hydrogens is 278 g/mol. The van der Waals surface area contributed by atoms with E-state index in [9.17, 15) is 4.79 Å². The fourth-order valence-corrected chi connectivity index (χ4v) is 4.59. The van der Waals surface area contributed by atoms with E-state index < -0.39 is 0 Å². The Morgan fingerprint density at radius 3 is 2.57 bits per heavy atom. The molecule has 0 spiro atoms. The maximum absolute atomic E-state index is 12.3. The number of nitrogens with zero attached hydrogens (tertiary/aromatic N) is 1. The molecular formula is C18H25NOS. The summed E-state index contributed by atoms with van der Waals surface area (Å²) < 4.78 is 0. The molecule has 0 N–H and O–H groups in total. The molecule has 0 amide bonds. The third-order valence-electron chi connectivity index (χ3n) is 5.26. The maximum atomic E-state index is 12.3. The summed E-state index contributed by atoms with van der Waals surface area (Å²) in [6.07, 6.45) is 7.77. The lowest BCUT2D eigenvalue weighted by Gasteiger charge is -2.26. The van der Waals surface area contributed by atoms with Crippen molar-refractivity contribution in [3.05, 3.63) is 29.8 Å². The predicted molar refractivity (Wildman–Crippen MR) is 89.0 cm³/mol. The van der Waals surface area contributed by atoms with Crippen molar-refractivity contribution in [2.24, 2.45) is 17.8 Å². The van der Waals surface area contributed by atoms with Crippen LogP contribution in [0.4, 0.5) is 0 Å². The summed E-state index contributed by atoms with van der Waals surface area (Å²) in [7, 11) is 2.10. The van der Waals surface area contributed by atoms with Crippen molar-refractivity contribution in [1.29, 1.82) is 0 Å². The highest BCUT2D eigenvalue weighted by molar-refractivity contribution is 7.98. The zero-order valence-electron chi connectivity index (χ0n) is 13.0. The van der Waals surface area contributed by atoms with Crippen LogP contribution in [-0.2, 0) is 0 Å². The van der Waals surface area contributed by atoms with Crippen LogP contribution in [0.2, 0.25) is 0 Å². The summed E-state index contributed by atoms with van der Waals surface area (Å²) >= 11 is 1.71. The van der Waals surface area contributed by atoms with Crippen LogP contribution in [0, 0.1) is 17.8 Å². The van der Waals surface area contributed by atoms with Gasteiger partial charge in [-0.1, -0.05) is 18.6 Å². The van der Waals surface area contributed by atoms with E-state index in [1.54, 1.807) is 11.8 Å². The van der Waals surface area contributed by atoms with Crippen LogP contribution in [0.25, 0.3) is 0 Å². The molecule has 2 nitrogen and oxygen atoms in total. The number of carbonyl (C=O) groups excluding carboxylic acids is 1. The van der Waals surface area contributed by atoms with Crippen LogP contribution in [0.15, 0.2) is 29.2 Å². The monoisotopic (exact) mass is 303 g/mol. The van der Waals surface area contributed by atoms with Gasteiger partial charge in [0.2, 0.25) is 0 Å². The van der Waals surface area contributed by atoms with Crippen LogP contribution >= 0.6 is 11.8 Å². The molecule has 2 aliphatic rings. The average molecular weight is 303 g/mol. The summed E-state index contributed by atoms with van der Waals surface area (Å²) in [5.74, 6) is 3.00. The van der Waals surface area contributed by atoms with Gasteiger partial charge in [-0.2, -0.15) is 0 Å².